The van der Waals surface area contributed by atoms with E-state index in [-0.39, 0.29) is 23.8 Å². The molecule has 3 fully saturated rings. The summed E-state index contributed by atoms with van der Waals surface area (Å²) in [4.78, 5) is 29.6. The van der Waals surface area contributed by atoms with Gasteiger partial charge in [-0.2, -0.15) is 5.10 Å². The SMILES string of the molecule is O=C(C1CCCN1C(=O)C1CC1)N1CCCn2ncc(C3CC3)c21. The van der Waals surface area contributed by atoms with Gasteiger partial charge in [-0.15, -0.1) is 0 Å². The topological polar surface area (TPSA) is 58.4 Å². The third kappa shape index (κ3) is 2.26. The summed E-state index contributed by atoms with van der Waals surface area (Å²) in [7, 11) is 0. The maximum absolute atomic E-state index is 13.3. The standard InChI is InChI=1S/C18H24N4O2/c23-17(13-6-7-13)20-8-1-3-15(20)18(24)21-9-2-10-22-16(21)14(11-19-22)12-4-5-12/h11-13,15H,1-10H2. The minimum absolute atomic E-state index is 0.116. The van der Waals surface area contributed by atoms with Gasteiger partial charge in [0.05, 0.1) is 6.20 Å². The van der Waals surface area contributed by atoms with E-state index in [9.17, 15) is 9.59 Å². The molecule has 6 nitrogen and oxygen atoms in total. The number of carbonyl (C=O) groups is 2. The molecule has 1 saturated heterocycles. The first kappa shape index (κ1) is 14.5. The maximum Gasteiger partial charge on any atom is 0.250 e. The molecule has 1 atom stereocenters. The fourth-order valence-electron chi connectivity index (χ4n) is 4.27. The minimum Gasteiger partial charge on any atom is -0.330 e. The highest BCUT2D eigenvalue weighted by atomic mass is 16.2. The molecular formula is C18H24N4O2. The van der Waals surface area contributed by atoms with Crippen LogP contribution in [0, 0.1) is 5.92 Å². The summed E-state index contributed by atoms with van der Waals surface area (Å²) in [6, 6.07) is -0.258. The minimum atomic E-state index is -0.258. The predicted octanol–water partition coefficient (Wildman–Crippen LogP) is 1.90. The molecule has 128 valence electrons. The quantitative estimate of drug-likeness (QED) is 0.851. The molecule has 5 rings (SSSR count). The van der Waals surface area contributed by atoms with Gasteiger partial charge in [-0.1, -0.05) is 0 Å². The number of hydrogen-bond donors (Lipinski definition) is 0. The molecule has 0 aromatic carbocycles. The van der Waals surface area contributed by atoms with Crippen LogP contribution in [0.4, 0.5) is 5.82 Å². The summed E-state index contributed by atoms with van der Waals surface area (Å²) in [5.74, 6) is 2.10. The maximum atomic E-state index is 13.3. The van der Waals surface area contributed by atoms with E-state index in [4.69, 9.17) is 0 Å². The van der Waals surface area contributed by atoms with Crippen LogP contribution in [0.15, 0.2) is 6.20 Å². The van der Waals surface area contributed by atoms with Crippen molar-refractivity contribution in [3.63, 3.8) is 0 Å². The van der Waals surface area contributed by atoms with Crippen LogP contribution in [0.5, 0.6) is 0 Å². The van der Waals surface area contributed by atoms with Crippen LogP contribution in [0.3, 0.4) is 0 Å². The summed E-state index contributed by atoms with van der Waals surface area (Å²) in [6.45, 7) is 2.39. The van der Waals surface area contributed by atoms with Crippen molar-refractivity contribution in [2.75, 3.05) is 18.0 Å². The fraction of sp³-hybridized carbons (Fsp3) is 0.722. The second kappa shape index (κ2) is 5.33. The van der Waals surface area contributed by atoms with E-state index in [1.165, 1.54) is 18.4 Å². The molecule has 0 N–H and O–H groups in total. The molecule has 24 heavy (non-hydrogen) atoms. The Hall–Kier alpha value is -1.85. The third-order valence-corrected chi connectivity index (χ3v) is 5.88. The van der Waals surface area contributed by atoms with E-state index in [0.717, 1.165) is 57.6 Å². The van der Waals surface area contributed by atoms with Gasteiger partial charge in [0.15, 0.2) is 0 Å². The lowest BCUT2D eigenvalue weighted by Crippen LogP contribution is -2.50. The molecule has 4 aliphatic rings. The second-order valence-corrected chi connectivity index (χ2v) is 7.73. The van der Waals surface area contributed by atoms with Gasteiger partial charge < -0.3 is 4.90 Å². The molecule has 1 aromatic rings. The Bertz CT molecular complexity index is 689. The van der Waals surface area contributed by atoms with Crippen molar-refractivity contribution >= 4 is 17.6 Å². The molecule has 6 heteroatoms. The lowest BCUT2D eigenvalue weighted by Gasteiger charge is -2.33. The van der Waals surface area contributed by atoms with Crippen molar-refractivity contribution in [1.29, 1.82) is 0 Å². The molecule has 1 aromatic heterocycles. The lowest BCUT2D eigenvalue weighted by atomic mass is 10.1. The summed E-state index contributed by atoms with van der Waals surface area (Å²) in [5.41, 5.74) is 1.24. The highest BCUT2D eigenvalue weighted by Gasteiger charge is 2.44. The van der Waals surface area contributed by atoms with Gasteiger partial charge in [0.1, 0.15) is 11.9 Å². The van der Waals surface area contributed by atoms with Crippen LogP contribution in [0.25, 0.3) is 0 Å². The average Bonchev–Trinajstić information content (AvgIpc) is 3.53. The second-order valence-electron chi connectivity index (χ2n) is 7.73. The van der Waals surface area contributed by atoms with Crippen molar-refractivity contribution in [3.8, 4) is 0 Å². The normalized spacial score (nSPS) is 26.6. The van der Waals surface area contributed by atoms with Crippen molar-refractivity contribution in [2.45, 2.75) is 63.5 Å². The van der Waals surface area contributed by atoms with Crippen molar-refractivity contribution in [1.82, 2.24) is 14.7 Å². The van der Waals surface area contributed by atoms with Gasteiger partial charge in [-0.25, -0.2) is 4.68 Å². The van der Waals surface area contributed by atoms with E-state index >= 15 is 0 Å². The first-order valence-corrected chi connectivity index (χ1v) is 9.41. The molecule has 0 radical (unpaired) electrons. The van der Waals surface area contributed by atoms with Gasteiger partial charge in [0.25, 0.3) is 5.91 Å². The summed E-state index contributed by atoms with van der Waals surface area (Å²) < 4.78 is 2.00. The molecule has 2 saturated carbocycles. The zero-order valence-corrected chi connectivity index (χ0v) is 14.0. The monoisotopic (exact) mass is 328 g/mol. The average molecular weight is 328 g/mol. The molecule has 0 bridgehead atoms. The van der Waals surface area contributed by atoms with Crippen LogP contribution in [0.1, 0.15) is 56.4 Å². The zero-order chi connectivity index (χ0) is 16.3. The Balaban J connectivity index is 1.43. The highest BCUT2D eigenvalue weighted by molar-refractivity contribution is 6.00. The van der Waals surface area contributed by atoms with Gasteiger partial charge in [-0.3, -0.25) is 14.5 Å². The predicted molar refractivity (Wildman–Crippen MR) is 88.6 cm³/mol. The largest absolute Gasteiger partial charge is 0.330 e. The summed E-state index contributed by atoms with van der Waals surface area (Å²) in [5, 5.41) is 4.51. The number of hydrogen-bond acceptors (Lipinski definition) is 3. The van der Waals surface area contributed by atoms with Crippen LogP contribution < -0.4 is 4.90 Å². The molecular weight excluding hydrogens is 304 g/mol. The van der Waals surface area contributed by atoms with Gasteiger partial charge >= 0.3 is 0 Å². The number of aromatic nitrogens is 2. The highest BCUT2D eigenvalue weighted by Crippen LogP contribution is 2.45. The van der Waals surface area contributed by atoms with Crippen LogP contribution in [0.2, 0.25) is 0 Å². The van der Waals surface area contributed by atoms with E-state index < -0.39 is 0 Å². The zero-order valence-electron chi connectivity index (χ0n) is 14.0. The number of carbonyl (C=O) groups excluding carboxylic acids is 2. The Morgan fingerprint density at radius 2 is 1.79 bits per heavy atom. The smallest absolute Gasteiger partial charge is 0.250 e. The Morgan fingerprint density at radius 3 is 2.54 bits per heavy atom. The number of likely N-dealkylation sites (tertiary alicyclic amines) is 1. The van der Waals surface area contributed by atoms with E-state index in [1.54, 1.807) is 0 Å². The van der Waals surface area contributed by atoms with Gasteiger partial charge in [0, 0.05) is 31.1 Å². The molecule has 2 amide bonds. The molecule has 3 heterocycles. The Morgan fingerprint density at radius 1 is 0.958 bits per heavy atom. The number of amides is 2. The Kier molecular flexibility index (Phi) is 3.22. The van der Waals surface area contributed by atoms with Crippen molar-refractivity contribution < 1.29 is 9.59 Å². The van der Waals surface area contributed by atoms with Crippen LogP contribution in [-0.4, -0.2) is 45.6 Å². The lowest BCUT2D eigenvalue weighted by molar-refractivity contribution is -0.138. The fourth-order valence-corrected chi connectivity index (χ4v) is 4.27. The van der Waals surface area contributed by atoms with Crippen LogP contribution >= 0.6 is 0 Å². The number of anilines is 1. The number of nitrogens with zero attached hydrogens (tertiary/aromatic N) is 4. The molecule has 0 spiro atoms. The van der Waals surface area contributed by atoms with Gasteiger partial charge in [-0.05, 0) is 50.9 Å². The first-order valence-electron chi connectivity index (χ1n) is 9.41. The van der Waals surface area contributed by atoms with Crippen molar-refractivity contribution in [3.05, 3.63) is 11.8 Å². The van der Waals surface area contributed by atoms with E-state index in [0.29, 0.717) is 5.92 Å². The summed E-state index contributed by atoms with van der Waals surface area (Å²) >= 11 is 0. The number of rotatable bonds is 3. The summed E-state index contributed by atoms with van der Waals surface area (Å²) in [6.07, 6.45) is 9.05. The number of aryl methyl sites for hydroxylation is 1. The van der Waals surface area contributed by atoms with E-state index in [1.807, 2.05) is 20.7 Å². The van der Waals surface area contributed by atoms with E-state index in [2.05, 4.69) is 5.10 Å². The first-order chi connectivity index (χ1) is 11.7. The molecule has 1 unspecified atom stereocenters. The Labute approximate surface area is 141 Å². The molecule has 2 aliphatic heterocycles. The van der Waals surface area contributed by atoms with Gasteiger partial charge in [0.2, 0.25) is 5.91 Å². The van der Waals surface area contributed by atoms with Crippen LogP contribution in [-0.2, 0) is 16.1 Å². The van der Waals surface area contributed by atoms with Crippen molar-refractivity contribution in [2.24, 2.45) is 5.92 Å². The molecule has 2 aliphatic carbocycles. The number of fused-ring (bicyclic) bond motifs is 1. The third-order valence-electron chi connectivity index (χ3n) is 5.88.